The van der Waals surface area contributed by atoms with Gasteiger partial charge in [0, 0.05) is 0 Å². The number of alkyl halides is 3. The molecule has 1 aliphatic heterocycles. The Morgan fingerprint density at radius 3 is 2.57 bits per heavy atom. The van der Waals surface area contributed by atoms with E-state index in [0.717, 1.165) is 0 Å². The number of carbonyl (C=O) groups is 1. The third-order valence-corrected chi connectivity index (χ3v) is 3.73. The van der Waals surface area contributed by atoms with Gasteiger partial charge in [0.25, 0.3) is 0 Å². The third kappa shape index (κ3) is 2.85. The van der Waals surface area contributed by atoms with E-state index < -0.39 is 30.6 Å². The van der Waals surface area contributed by atoms with Gasteiger partial charge in [-0.25, -0.2) is 0 Å². The molecule has 1 N–H and O–H groups in total. The van der Waals surface area contributed by atoms with Gasteiger partial charge in [-0.3, -0.25) is 4.79 Å². The Morgan fingerprint density at radius 2 is 2.10 bits per heavy atom. The maximum atomic E-state index is 13.0. The molecule has 2 atom stereocenters. The molecule has 4 nitrogen and oxygen atoms in total. The lowest BCUT2D eigenvalue weighted by atomic mass is 9.90. The normalized spacial score (nSPS) is 21.4. The SMILES string of the molecule is COc1c(Cl)cc2c(c1Cl)O[C@H](C(F)(F)F)[C@H](C(=O)O)C2. The molecule has 1 aliphatic rings. The molecule has 0 bridgehead atoms. The zero-order chi connectivity index (χ0) is 15.9. The number of hydrogen-bond donors (Lipinski definition) is 1. The van der Waals surface area contributed by atoms with Crippen molar-refractivity contribution in [2.75, 3.05) is 7.11 Å². The van der Waals surface area contributed by atoms with Crippen LogP contribution in [-0.2, 0) is 11.2 Å². The highest BCUT2D eigenvalue weighted by atomic mass is 35.5. The van der Waals surface area contributed by atoms with E-state index in [1.807, 2.05) is 0 Å². The second-order valence-corrected chi connectivity index (χ2v) is 5.21. The first-order valence-electron chi connectivity index (χ1n) is 5.67. The van der Waals surface area contributed by atoms with Crippen LogP contribution < -0.4 is 9.47 Å². The lowest BCUT2D eigenvalue weighted by Crippen LogP contribution is -2.47. The molecule has 0 saturated carbocycles. The van der Waals surface area contributed by atoms with E-state index in [1.54, 1.807) is 0 Å². The van der Waals surface area contributed by atoms with Crippen molar-refractivity contribution in [2.45, 2.75) is 18.7 Å². The molecular weight excluding hydrogens is 336 g/mol. The molecule has 1 heterocycles. The molecule has 0 fully saturated rings. The van der Waals surface area contributed by atoms with Crippen molar-refractivity contribution in [3.05, 3.63) is 21.7 Å². The number of methoxy groups -OCH3 is 1. The molecule has 0 aliphatic carbocycles. The molecule has 1 aromatic rings. The lowest BCUT2D eigenvalue weighted by Gasteiger charge is -2.33. The molecule has 9 heteroatoms. The van der Waals surface area contributed by atoms with Crippen molar-refractivity contribution in [2.24, 2.45) is 5.92 Å². The quantitative estimate of drug-likeness (QED) is 0.890. The average Bonchev–Trinajstić information content (AvgIpc) is 2.36. The van der Waals surface area contributed by atoms with Crippen LogP contribution in [0.15, 0.2) is 6.07 Å². The van der Waals surface area contributed by atoms with Gasteiger partial charge in [-0.1, -0.05) is 23.2 Å². The Morgan fingerprint density at radius 1 is 1.48 bits per heavy atom. The number of benzene rings is 1. The highest BCUT2D eigenvalue weighted by Gasteiger charge is 2.52. The molecule has 21 heavy (non-hydrogen) atoms. The first kappa shape index (κ1) is 16.0. The van der Waals surface area contributed by atoms with Gasteiger partial charge in [-0.15, -0.1) is 0 Å². The van der Waals surface area contributed by atoms with E-state index in [-0.39, 0.29) is 27.1 Å². The highest BCUT2D eigenvalue weighted by Crippen LogP contribution is 2.48. The minimum absolute atomic E-state index is 0.0215. The number of carboxylic acid groups (broad SMARTS) is 1. The van der Waals surface area contributed by atoms with Crippen LogP contribution in [-0.4, -0.2) is 30.5 Å². The van der Waals surface area contributed by atoms with Gasteiger partial charge < -0.3 is 14.6 Å². The van der Waals surface area contributed by atoms with E-state index in [4.69, 9.17) is 37.8 Å². The van der Waals surface area contributed by atoms with Crippen LogP contribution in [0.2, 0.25) is 10.0 Å². The number of carboxylic acids is 1. The lowest BCUT2D eigenvalue weighted by molar-refractivity contribution is -0.217. The van der Waals surface area contributed by atoms with Crippen LogP contribution in [0.3, 0.4) is 0 Å². The van der Waals surface area contributed by atoms with Crippen LogP contribution in [0.1, 0.15) is 5.56 Å². The highest BCUT2D eigenvalue weighted by molar-refractivity contribution is 6.38. The zero-order valence-corrected chi connectivity index (χ0v) is 12.0. The predicted molar refractivity (Wildman–Crippen MR) is 68.3 cm³/mol. The van der Waals surface area contributed by atoms with Crippen molar-refractivity contribution in [3.8, 4) is 11.5 Å². The standard InChI is InChI=1S/C12H9Cl2F3O4/c1-20-9-6(13)3-4-2-5(11(18)19)10(12(15,16)17)21-8(4)7(9)14/h3,5,10H,2H2,1H3,(H,18,19)/t5-,10+/m1/s1. The molecular formula is C12H9Cl2F3O4. The fraction of sp³-hybridized carbons (Fsp3) is 0.417. The van der Waals surface area contributed by atoms with E-state index in [9.17, 15) is 18.0 Å². The molecule has 0 saturated heterocycles. The molecule has 0 amide bonds. The Labute approximate surface area is 127 Å². The smallest absolute Gasteiger partial charge is 0.426 e. The fourth-order valence-electron chi connectivity index (χ4n) is 2.16. The maximum absolute atomic E-state index is 13.0. The summed E-state index contributed by atoms with van der Waals surface area (Å²) >= 11 is 11.8. The maximum Gasteiger partial charge on any atom is 0.426 e. The number of halogens is 5. The van der Waals surface area contributed by atoms with Crippen LogP contribution in [0, 0.1) is 5.92 Å². The van der Waals surface area contributed by atoms with Gasteiger partial charge in [-0.05, 0) is 18.1 Å². The van der Waals surface area contributed by atoms with Crippen molar-refractivity contribution >= 4 is 29.2 Å². The zero-order valence-electron chi connectivity index (χ0n) is 10.5. The minimum atomic E-state index is -4.84. The fourth-order valence-corrected chi connectivity index (χ4v) is 2.86. The van der Waals surface area contributed by atoms with Gasteiger partial charge in [0.2, 0.25) is 6.10 Å². The second kappa shape index (κ2) is 5.46. The monoisotopic (exact) mass is 344 g/mol. The third-order valence-electron chi connectivity index (χ3n) is 3.10. The molecule has 0 spiro atoms. The second-order valence-electron chi connectivity index (χ2n) is 4.42. The number of rotatable bonds is 2. The largest absolute Gasteiger partial charge is 0.493 e. The van der Waals surface area contributed by atoms with Gasteiger partial charge in [0.15, 0.2) is 5.75 Å². The van der Waals surface area contributed by atoms with Crippen LogP contribution in [0.25, 0.3) is 0 Å². The van der Waals surface area contributed by atoms with Crippen molar-refractivity contribution in [3.63, 3.8) is 0 Å². The van der Waals surface area contributed by atoms with E-state index in [2.05, 4.69) is 0 Å². The van der Waals surface area contributed by atoms with Crippen molar-refractivity contribution in [1.82, 2.24) is 0 Å². The van der Waals surface area contributed by atoms with Crippen molar-refractivity contribution in [1.29, 1.82) is 0 Å². The summed E-state index contributed by atoms with van der Waals surface area (Å²) in [4.78, 5) is 11.0. The first-order valence-corrected chi connectivity index (χ1v) is 6.43. The molecule has 116 valence electrons. The van der Waals surface area contributed by atoms with E-state index in [1.165, 1.54) is 13.2 Å². The van der Waals surface area contributed by atoms with Gasteiger partial charge in [0.05, 0.1) is 12.1 Å². The van der Waals surface area contributed by atoms with Crippen LogP contribution in [0.5, 0.6) is 11.5 Å². The Balaban J connectivity index is 2.55. The number of fused-ring (bicyclic) bond motifs is 1. The topological polar surface area (TPSA) is 55.8 Å². The van der Waals surface area contributed by atoms with E-state index >= 15 is 0 Å². The first-order chi connectivity index (χ1) is 9.66. The van der Waals surface area contributed by atoms with Gasteiger partial charge >= 0.3 is 12.1 Å². The number of hydrogen-bond acceptors (Lipinski definition) is 3. The minimum Gasteiger partial charge on any atom is -0.493 e. The predicted octanol–water partition coefficient (Wildman–Crippen LogP) is 3.57. The summed E-state index contributed by atoms with van der Waals surface area (Å²) < 4.78 is 48.6. The van der Waals surface area contributed by atoms with Crippen LogP contribution >= 0.6 is 23.2 Å². The molecule has 0 aromatic heterocycles. The summed E-state index contributed by atoms with van der Waals surface area (Å²) in [5.41, 5.74) is 0.193. The number of aliphatic carboxylic acids is 1. The van der Waals surface area contributed by atoms with Gasteiger partial charge in [0.1, 0.15) is 16.7 Å². The Hall–Kier alpha value is -1.34. The summed E-state index contributed by atoms with van der Waals surface area (Å²) in [7, 11) is 1.25. The van der Waals surface area contributed by atoms with Crippen LogP contribution in [0.4, 0.5) is 13.2 Å². The Bertz CT molecular complexity index is 589. The molecule has 2 rings (SSSR count). The Kier molecular flexibility index (Phi) is 4.17. The summed E-state index contributed by atoms with van der Waals surface area (Å²) in [5.74, 6) is -3.64. The summed E-state index contributed by atoms with van der Waals surface area (Å²) in [5, 5.41) is 8.83. The summed E-state index contributed by atoms with van der Waals surface area (Å²) in [6.07, 6.45) is -7.71. The number of ether oxygens (including phenoxy) is 2. The summed E-state index contributed by atoms with van der Waals surface area (Å²) in [6.45, 7) is 0. The van der Waals surface area contributed by atoms with Crippen molar-refractivity contribution < 1.29 is 32.5 Å². The summed E-state index contributed by atoms with van der Waals surface area (Å²) in [6, 6.07) is 1.30. The molecule has 1 aromatic carbocycles. The van der Waals surface area contributed by atoms with E-state index in [0.29, 0.717) is 0 Å². The average molecular weight is 345 g/mol. The molecule has 0 radical (unpaired) electrons. The van der Waals surface area contributed by atoms with Gasteiger partial charge in [-0.2, -0.15) is 13.2 Å². The molecule has 0 unspecified atom stereocenters.